The number of hydrogen-bond acceptors (Lipinski definition) is 5. The summed E-state index contributed by atoms with van der Waals surface area (Å²) in [6.45, 7) is 8.62. The zero-order chi connectivity index (χ0) is 16.5. The topological polar surface area (TPSA) is 64.9 Å². The third kappa shape index (κ3) is 2.99. The molecule has 0 unspecified atom stereocenters. The molecule has 4 heterocycles. The number of aryl methyl sites for hydroxylation is 2. The lowest BCUT2D eigenvalue weighted by atomic mass is 10.2. The summed E-state index contributed by atoms with van der Waals surface area (Å²) < 4.78 is 9.98. The molecule has 4 rings (SSSR count). The third-order valence-electron chi connectivity index (χ3n) is 4.70. The van der Waals surface area contributed by atoms with Gasteiger partial charge in [-0.05, 0) is 25.5 Å². The fraction of sp³-hybridized carbons (Fsp3) is 0.471. The maximum atomic E-state index is 5.83. The van der Waals surface area contributed by atoms with E-state index in [1.165, 1.54) is 11.3 Å². The monoisotopic (exact) mass is 326 g/mol. The van der Waals surface area contributed by atoms with Gasteiger partial charge in [-0.1, -0.05) is 0 Å². The van der Waals surface area contributed by atoms with Gasteiger partial charge in [0.15, 0.2) is 0 Å². The highest BCUT2D eigenvalue weighted by Gasteiger charge is 2.19. The third-order valence-corrected chi connectivity index (χ3v) is 4.70. The van der Waals surface area contributed by atoms with Crippen LogP contribution < -0.4 is 0 Å². The quantitative estimate of drug-likeness (QED) is 0.731. The zero-order valence-electron chi connectivity index (χ0n) is 14.1. The fourth-order valence-corrected chi connectivity index (χ4v) is 3.25. The van der Waals surface area contributed by atoms with Crippen molar-refractivity contribution in [2.24, 2.45) is 0 Å². The van der Waals surface area contributed by atoms with Crippen LogP contribution in [0.25, 0.3) is 0 Å². The standard InChI is InChI=1S/C17H22N6O/c1-13-7-16(24-14(13)2)10-21-4-3-17-19-8-15(23(17)6-5-21)9-22-12-18-11-20-22/h7-8,11-12H,3-6,9-10H2,1-2H3. The summed E-state index contributed by atoms with van der Waals surface area (Å²) in [6.07, 6.45) is 6.22. The molecule has 0 aromatic carbocycles. The van der Waals surface area contributed by atoms with Gasteiger partial charge in [0.2, 0.25) is 0 Å². The second kappa shape index (κ2) is 6.24. The normalized spacial score (nSPS) is 15.4. The number of aromatic nitrogens is 5. The molecule has 0 saturated carbocycles. The van der Waals surface area contributed by atoms with E-state index in [2.05, 4.69) is 37.5 Å². The fourth-order valence-electron chi connectivity index (χ4n) is 3.25. The van der Waals surface area contributed by atoms with Gasteiger partial charge in [-0.15, -0.1) is 0 Å². The average molecular weight is 326 g/mol. The molecule has 0 fully saturated rings. The Morgan fingerprint density at radius 1 is 1.17 bits per heavy atom. The Morgan fingerprint density at radius 3 is 2.83 bits per heavy atom. The van der Waals surface area contributed by atoms with Crippen LogP contribution >= 0.6 is 0 Å². The van der Waals surface area contributed by atoms with E-state index >= 15 is 0 Å². The van der Waals surface area contributed by atoms with E-state index in [4.69, 9.17) is 4.42 Å². The van der Waals surface area contributed by atoms with Crippen LogP contribution in [0.4, 0.5) is 0 Å². The summed E-state index contributed by atoms with van der Waals surface area (Å²) in [5.41, 5.74) is 2.41. The van der Waals surface area contributed by atoms with Crippen LogP contribution in [0.1, 0.15) is 28.6 Å². The summed E-state index contributed by atoms with van der Waals surface area (Å²) in [5.74, 6) is 3.22. The Hall–Kier alpha value is -2.41. The molecule has 3 aromatic heterocycles. The second-order valence-electron chi connectivity index (χ2n) is 6.39. The molecule has 0 saturated heterocycles. The van der Waals surface area contributed by atoms with Gasteiger partial charge in [0.25, 0.3) is 0 Å². The lowest BCUT2D eigenvalue weighted by molar-refractivity contribution is 0.246. The molecule has 7 nitrogen and oxygen atoms in total. The zero-order valence-corrected chi connectivity index (χ0v) is 14.1. The number of hydrogen-bond donors (Lipinski definition) is 0. The van der Waals surface area contributed by atoms with Gasteiger partial charge < -0.3 is 8.98 Å². The molecule has 1 aliphatic heterocycles. The van der Waals surface area contributed by atoms with Gasteiger partial charge in [-0.3, -0.25) is 4.90 Å². The molecule has 3 aromatic rings. The van der Waals surface area contributed by atoms with Gasteiger partial charge in [-0.25, -0.2) is 14.6 Å². The van der Waals surface area contributed by atoms with E-state index in [0.29, 0.717) is 6.54 Å². The summed E-state index contributed by atoms with van der Waals surface area (Å²) in [4.78, 5) is 11.0. The minimum atomic E-state index is 0.712. The summed E-state index contributed by atoms with van der Waals surface area (Å²) >= 11 is 0. The largest absolute Gasteiger partial charge is 0.465 e. The highest BCUT2D eigenvalue weighted by atomic mass is 16.3. The van der Waals surface area contributed by atoms with E-state index in [9.17, 15) is 0 Å². The smallest absolute Gasteiger partial charge is 0.137 e. The first-order chi connectivity index (χ1) is 11.7. The van der Waals surface area contributed by atoms with Crippen molar-refractivity contribution in [1.82, 2.24) is 29.2 Å². The van der Waals surface area contributed by atoms with Crippen molar-refractivity contribution in [2.45, 2.75) is 39.9 Å². The van der Waals surface area contributed by atoms with Crippen LogP contribution in [0.3, 0.4) is 0 Å². The summed E-state index contributed by atoms with van der Waals surface area (Å²) in [7, 11) is 0. The molecule has 0 radical (unpaired) electrons. The highest BCUT2D eigenvalue weighted by Crippen LogP contribution is 2.18. The molecule has 0 N–H and O–H groups in total. The lowest BCUT2D eigenvalue weighted by Crippen LogP contribution is -2.26. The molecular formula is C17H22N6O. The lowest BCUT2D eigenvalue weighted by Gasteiger charge is -2.18. The predicted molar refractivity (Wildman–Crippen MR) is 88.5 cm³/mol. The van der Waals surface area contributed by atoms with Crippen molar-refractivity contribution in [2.75, 3.05) is 13.1 Å². The number of fused-ring (bicyclic) bond motifs is 1. The van der Waals surface area contributed by atoms with Crippen molar-refractivity contribution in [1.29, 1.82) is 0 Å². The molecule has 0 amide bonds. The van der Waals surface area contributed by atoms with Crippen LogP contribution in [-0.4, -0.2) is 42.3 Å². The van der Waals surface area contributed by atoms with Crippen LogP contribution in [0, 0.1) is 13.8 Å². The maximum absolute atomic E-state index is 5.83. The molecule has 1 aliphatic rings. The highest BCUT2D eigenvalue weighted by molar-refractivity contribution is 5.18. The summed E-state index contributed by atoms with van der Waals surface area (Å²) in [6, 6.07) is 2.15. The molecule has 24 heavy (non-hydrogen) atoms. The van der Waals surface area contributed by atoms with Crippen molar-refractivity contribution >= 4 is 0 Å². The van der Waals surface area contributed by atoms with Crippen LogP contribution in [0.5, 0.6) is 0 Å². The Bertz CT molecular complexity index is 797. The number of nitrogens with zero attached hydrogens (tertiary/aromatic N) is 6. The minimum Gasteiger partial charge on any atom is -0.465 e. The minimum absolute atomic E-state index is 0.712. The molecular weight excluding hydrogens is 304 g/mol. The molecule has 7 heteroatoms. The molecule has 0 aliphatic carbocycles. The van der Waals surface area contributed by atoms with E-state index in [1.54, 1.807) is 12.7 Å². The van der Waals surface area contributed by atoms with Gasteiger partial charge in [0.1, 0.15) is 30.0 Å². The number of rotatable bonds is 4. The van der Waals surface area contributed by atoms with Crippen LogP contribution in [-0.2, 0) is 26.1 Å². The Labute approximate surface area is 140 Å². The van der Waals surface area contributed by atoms with Crippen molar-refractivity contribution < 1.29 is 4.42 Å². The van der Waals surface area contributed by atoms with Crippen molar-refractivity contribution in [3.05, 3.63) is 53.5 Å². The molecule has 0 bridgehead atoms. The van der Waals surface area contributed by atoms with Crippen LogP contribution in [0.15, 0.2) is 29.3 Å². The van der Waals surface area contributed by atoms with Gasteiger partial charge >= 0.3 is 0 Å². The average Bonchev–Trinajstić information content (AvgIpc) is 3.23. The van der Waals surface area contributed by atoms with Gasteiger partial charge in [0.05, 0.1) is 25.0 Å². The maximum Gasteiger partial charge on any atom is 0.137 e. The molecule has 0 atom stereocenters. The van der Waals surface area contributed by atoms with E-state index < -0.39 is 0 Å². The van der Waals surface area contributed by atoms with Gasteiger partial charge in [0, 0.05) is 26.1 Å². The first-order valence-corrected chi connectivity index (χ1v) is 8.33. The van der Waals surface area contributed by atoms with E-state index in [0.717, 1.165) is 49.9 Å². The van der Waals surface area contributed by atoms with E-state index in [1.807, 2.05) is 17.8 Å². The van der Waals surface area contributed by atoms with Crippen LogP contribution in [0.2, 0.25) is 0 Å². The first-order valence-electron chi connectivity index (χ1n) is 8.33. The number of imidazole rings is 1. The number of furan rings is 1. The molecule has 126 valence electrons. The second-order valence-corrected chi connectivity index (χ2v) is 6.39. The van der Waals surface area contributed by atoms with Crippen molar-refractivity contribution in [3.63, 3.8) is 0 Å². The Balaban J connectivity index is 1.45. The summed E-state index contributed by atoms with van der Waals surface area (Å²) in [5, 5.41) is 4.19. The Morgan fingerprint density at radius 2 is 2.08 bits per heavy atom. The molecule has 0 spiro atoms. The van der Waals surface area contributed by atoms with E-state index in [-0.39, 0.29) is 0 Å². The SMILES string of the molecule is Cc1cc(CN2CCc3ncc(Cn4cncn4)n3CC2)oc1C. The van der Waals surface area contributed by atoms with Gasteiger partial charge in [-0.2, -0.15) is 5.10 Å². The predicted octanol–water partition coefficient (Wildman–Crippen LogP) is 1.79. The first kappa shape index (κ1) is 15.1. The Kier molecular flexibility index (Phi) is 3.93. The van der Waals surface area contributed by atoms with Crippen molar-refractivity contribution in [3.8, 4) is 0 Å².